The molecule has 1 heterocycles. The van der Waals surface area contributed by atoms with Crippen LogP contribution in [0.1, 0.15) is 17.7 Å². The van der Waals surface area contributed by atoms with Crippen LogP contribution in [0.4, 0.5) is 0 Å². The predicted octanol–water partition coefficient (Wildman–Crippen LogP) is 0.632. The first-order chi connectivity index (χ1) is 6.15. The highest BCUT2D eigenvalue weighted by Gasteiger charge is 2.02. The molecule has 0 aromatic carbocycles. The van der Waals surface area contributed by atoms with Crippen molar-refractivity contribution in [3.63, 3.8) is 0 Å². The van der Waals surface area contributed by atoms with Gasteiger partial charge >= 0.3 is 0 Å². The van der Waals surface area contributed by atoms with Crippen LogP contribution in [-0.4, -0.2) is 16.5 Å². The first-order valence-corrected chi connectivity index (χ1v) is 4.58. The minimum absolute atomic E-state index is 0.102. The van der Waals surface area contributed by atoms with E-state index in [-0.39, 0.29) is 5.56 Å². The molecule has 0 fully saturated rings. The molecule has 0 amide bonds. The van der Waals surface area contributed by atoms with Crippen molar-refractivity contribution in [2.75, 3.05) is 6.54 Å². The van der Waals surface area contributed by atoms with Crippen LogP contribution < -0.4 is 11.3 Å². The van der Waals surface area contributed by atoms with Crippen molar-refractivity contribution in [3.8, 4) is 0 Å². The van der Waals surface area contributed by atoms with E-state index in [1.165, 1.54) is 0 Å². The Bertz CT molecular complexity index is 393. The van der Waals surface area contributed by atoms with E-state index in [0.717, 1.165) is 17.7 Å². The lowest BCUT2D eigenvalue weighted by Gasteiger charge is -2.02. The summed E-state index contributed by atoms with van der Waals surface area (Å²) in [7, 11) is 0. The Hall–Kier alpha value is -0.940. The van der Waals surface area contributed by atoms with Gasteiger partial charge in [0, 0.05) is 11.3 Å². The quantitative estimate of drug-likeness (QED) is 0.625. The molecule has 0 aliphatic rings. The maximum atomic E-state index is 11.4. The number of aryl methyl sites for hydroxylation is 1. The third kappa shape index (κ3) is 2.50. The Kier molecular flexibility index (Phi) is 3.39. The fraction of sp³-hybridized carbons (Fsp3) is 0.500. The zero-order valence-corrected chi connectivity index (χ0v) is 8.33. The van der Waals surface area contributed by atoms with E-state index in [0.29, 0.717) is 17.7 Å². The Morgan fingerprint density at radius 1 is 1.46 bits per heavy atom. The smallest absolute Gasteiger partial charge is 0.255 e. The van der Waals surface area contributed by atoms with Crippen molar-refractivity contribution in [3.05, 3.63) is 26.4 Å². The van der Waals surface area contributed by atoms with Crippen molar-refractivity contribution in [2.24, 2.45) is 5.73 Å². The van der Waals surface area contributed by atoms with Crippen LogP contribution in [0.3, 0.4) is 0 Å². The van der Waals surface area contributed by atoms with Crippen LogP contribution in [0.15, 0.2) is 4.79 Å². The average Bonchev–Trinajstić information content (AvgIpc) is 2.02. The molecular weight excluding hydrogens is 186 g/mol. The van der Waals surface area contributed by atoms with E-state index in [1.54, 1.807) is 0 Å². The second-order valence-electron chi connectivity index (χ2n) is 2.90. The van der Waals surface area contributed by atoms with Crippen molar-refractivity contribution >= 4 is 12.2 Å². The molecule has 0 atom stereocenters. The number of H-pyrrole nitrogens is 2. The summed E-state index contributed by atoms with van der Waals surface area (Å²) in [5.74, 6) is 0. The molecule has 0 saturated heterocycles. The van der Waals surface area contributed by atoms with Crippen LogP contribution in [0.2, 0.25) is 0 Å². The minimum Gasteiger partial charge on any atom is -0.336 e. The molecule has 0 radical (unpaired) electrons. The molecule has 0 bridgehead atoms. The summed E-state index contributed by atoms with van der Waals surface area (Å²) in [5, 5.41) is 0. The summed E-state index contributed by atoms with van der Waals surface area (Å²) in [6.07, 6.45) is 1.51. The van der Waals surface area contributed by atoms with Crippen molar-refractivity contribution in [1.82, 2.24) is 9.97 Å². The van der Waals surface area contributed by atoms with E-state index in [2.05, 4.69) is 9.97 Å². The van der Waals surface area contributed by atoms with E-state index in [4.69, 9.17) is 18.0 Å². The molecule has 0 aliphatic heterocycles. The summed E-state index contributed by atoms with van der Waals surface area (Å²) in [6, 6.07) is 0. The SMILES string of the molecule is Cc1[nH]c(=S)[nH]c(=O)c1CCCN. The van der Waals surface area contributed by atoms with Crippen LogP contribution in [0, 0.1) is 11.7 Å². The fourth-order valence-electron chi connectivity index (χ4n) is 1.21. The molecule has 72 valence electrons. The fourth-order valence-corrected chi connectivity index (χ4v) is 1.45. The van der Waals surface area contributed by atoms with E-state index < -0.39 is 0 Å². The molecule has 0 spiro atoms. The first-order valence-electron chi connectivity index (χ1n) is 4.17. The molecule has 4 N–H and O–H groups in total. The average molecular weight is 199 g/mol. The molecule has 0 unspecified atom stereocenters. The van der Waals surface area contributed by atoms with Gasteiger partial charge in [-0.2, -0.15) is 0 Å². The van der Waals surface area contributed by atoms with E-state index >= 15 is 0 Å². The number of rotatable bonds is 3. The molecule has 0 aliphatic carbocycles. The highest BCUT2D eigenvalue weighted by molar-refractivity contribution is 7.71. The topological polar surface area (TPSA) is 74.7 Å². The molecule has 5 heteroatoms. The van der Waals surface area contributed by atoms with Gasteiger partial charge in [0.15, 0.2) is 4.77 Å². The number of aromatic nitrogens is 2. The molecule has 4 nitrogen and oxygen atoms in total. The highest BCUT2D eigenvalue weighted by Crippen LogP contribution is 2.00. The molecule has 0 saturated carbocycles. The second-order valence-corrected chi connectivity index (χ2v) is 3.31. The summed E-state index contributed by atoms with van der Waals surface area (Å²) in [5.41, 5.74) is 6.85. The highest BCUT2D eigenvalue weighted by atomic mass is 32.1. The lowest BCUT2D eigenvalue weighted by atomic mass is 10.1. The van der Waals surface area contributed by atoms with Gasteiger partial charge in [-0.25, -0.2) is 0 Å². The van der Waals surface area contributed by atoms with E-state index in [9.17, 15) is 4.79 Å². The number of hydrogen-bond donors (Lipinski definition) is 3. The first kappa shape index (κ1) is 10.1. The number of nitrogens with one attached hydrogen (secondary N) is 2. The Labute approximate surface area is 81.2 Å². The largest absolute Gasteiger partial charge is 0.336 e. The van der Waals surface area contributed by atoms with Gasteiger partial charge in [-0.05, 0) is 38.5 Å². The molecule has 1 aromatic rings. The third-order valence-corrected chi connectivity index (χ3v) is 2.09. The molecular formula is C8H13N3OS. The minimum atomic E-state index is -0.102. The van der Waals surface area contributed by atoms with Crippen molar-refractivity contribution < 1.29 is 0 Å². The van der Waals surface area contributed by atoms with Gasteiger partial charge in [0.1, 0.15) is 0 Å². The maximum absolute atomic E-state index is 11.4. The number of nitrogens with two attached hydrogens (primary N) is 1. The molecule has 1 rings (SSSR count). The van der Waals surface area contributed by atoms with Gasteiger partial charge in [0.25, 0.3) is 5.56 Å². The van der Waals surface area contributed by atoms with E-state index in [1.807, 2.05) is 6.92 Å². The van der Waals surface area contributed by atoms with Crippen LogP contribution in [-0.2, 0) is 6.42 Å². The van der Waals surface area contributed by atoms with Crippen molar-refractivity contribution in [1.29, 1.82) is 0 Å². The lowest BCUT2D eigenvalue weighted by Crippen LogP contribution is -2.17. The normalized spacial score (nSPS) is 10.3. The lowest BCUT2D eigenvalue weighted by molar-refractivity contribution is 0.803. The number of aromatic amines is 2. The second kappa shape index (κ2) is 4.34. The van der Waals surface area contributed by atoms with Gasteiger partial charge < -0.3 is 10.7 Å². The Morgan fingerprint density at radius 2 is 2.15 bits per heavy atom. The Balaban J connectivity index is 3.07. The summed E-state index contributed by atoms with van der Waals surface area (Å²) < 4.78 is 0.374. The van der Waals surface area contributed by atoms with Crippen LogP contribution in [0.25, 0.3) is 0 Å². The van der Waals surface area contributed by atoms with Gasteiger partial charge in [0.05, 0.1) is 0 Å². The number of hydrogen-bond acceptors (Lipinski definition) is 3. The summed E-state index contributed by atoms with van der Waals surface area (Å²) in [4.78, 5) is 16.8. The monoisotopic (exact) mass is 199 g/mol. The van der Waals surface area contributed by atoms with Crippen LogP contribution >= 0.6 is 12.2 Å². The molecule has 13 heavy (non-hydrogen) atoms. The maximum Gasteiger partial charge on any atom is 0.255 e. The summed E-state index contributed by atoms with van der Waals surface area (Å²) >= 11 is 4.82. The van der Waals surface area contributed by atoms with Gasteiger partial charge in [-0.15, -0.1) is 0 Å². The van der Waals surface area contributed by atoms with Gasteiger partial charge in [0.2, 0.25) is 0 Å². The predicted molar refractivity (Wildman–Crippen MR) is 54.4 cm³/mol. The standard InChI is InChI=1S/C8H13N3OS/c1-5-6(3-2-4-9)7(12)11-8(13)10-5/h2-4,9H2,1H3,(H2,10,11,12,13). The zero-order chi connectivity index (χ0) is 9.84. The zero-order valence-electron chi connectivity index (χ0n) is 7.52. The van der Waals surface area contributed by atoms with Crippen molar-refractivity contribution in [2.45, 2.75) is 19.8 Å². The summed E-state index contributed by atoms with van der Waals surface area (Å²) in [6.45, 7) is 2.44. The third-order valence-electron chi connectivity index (χ3n) is 1.89. The van der Waals surface area contributed by atoms with Gasteiger partial charge in [-0.1, -0.05) is 0 Å². The van der Waals surface area contributed by atoms with Crippen LogP contribution in [0.5, 0.6) is 0 Å². The van der Waals surface area contributed by atoms with Gasteiger partial charge in [-0.3, -0.25) is 9.78 Å². The molecule has 1 aromatic heterocycles. The Morgan fingerprint density at radius 3 is 2.69 bits per heavy atom.